The van der Waals surface area contributed by atoms with Crippen LogP contribution in [0.5, 0.6) is 0 Å². The lowest BCUT2D eigenvalue weighted by molar-refractivity contribution is -0.126. The standard InChI is InChI=1S/C14H17FN2O2.ClH/c15-10-2-3-11-9(7-10)1-4-12(11)17-14(18)13-8-19-6-5-16-13;/h2-3,7,12-13,16H,1,4-6,8H2,(H,17,18);1H. The lowest BCUT2D eigenvalue weighted by Crippen LogP contribution is -2.51. The van der Waals surface area contributed by atoms with Gasteiger partial charge < -0.3 is 15.4 Å². The number of fused-ring (bicyclic) bond motifs is 1. The Bertz CT molecular complexity index is 492. The molecule has 2 atom stereocenters. The monoisotopic (exact) mass is 300 g/mol. The maximum absolute atomic E-state index is 13.1. The molecule has 1 aromatic rings. The van der Waals surface area contributed by atoms with E-state index in [1.807, 2.05) is 0 Å². The summed E-state index contributed by atoms with van der Waals surface area (Å²) in [5.41, 5.74) is 2.03. The maximum atomic E-state index is 13.1. The van der Waals surface area contributed by atoms with E-state index < -0.39 is 0 Å². The Morgan fingerprint density at radius 1 is 1.45 bits per heavy atom. The zero-order chi connectivity index (χ0) is 13.2. The number of ether oxygens (including phenoxy) is 1. The molecule has 110 valence electrons. The van der Waals surface area contributed by atoms with E-state index in [0.717, 1.165) is 24.0 Å². The molecule has 2 unspecified atom stereocenters. The summed E-state index contributed by atoms with van der Waals surface area (Å²) in [6.45, 7) is 1.76. The van der Waals surface area contributed by atoms with Crippen molar-refractivity contribution >= 4 is 18.3 Å². The molecular weight excluding hydrogens is 283 g/mol. The largest absolute Gasteiger partial charge is 0.378 e. The van der Waals surface area contributed by atoms with Gasteiger partial charge in [0.1, 0.15) is 11.9 Å². The molecular formula is C14H18ClFN2O2. The van der Waals surface area contributed by atoms with Crippen molar-refractivity contribution in [3.8, 4) is 0 Å². The summed E-state index contributed by atoms with van der Waals surface area (Å²) in [6, 6.07) is 4.49. The number of carbonyl (C=O) groups is 1. The maximum Gasteiger partial charge on any atom is 0.240 e. The quantitative estimate of drug-likeness (QED) is 0.866. The first-order chi connectivity index (χ1) is 9.24. The van der Waals surface area contributed by atoms with Gasteiger partial charge >= 0.3 is 0 Å². The number of hydrogen-bond donors (Lipinski definition) is 2. The van der Waals surface area contributed by atoms with Crippen molar-refractivity contribution in [2.45, 2.75) is 24.9 Å². The summed E-state index contributed by atoms with van der Waals surface area (Å²) in [4.78, 5) is 12.1. The fourth-order valence-electron chi connectivity index (χ4n) is 2.74. The first kappa shape index (κ1) is 15.2. The highest BCUT2D eigenvalue weighted by Gasteiger charge is 2.28. The fraction of sp³-hybridized carbons (Fsp3) is 0.500. The van der Waals surface area contributed by atoms with Crippen molar-refractivity contribution in [2.75, 3.05) is 19.8 Å². The lowest BCUT2D eigenvalue weighted by atomic mass is 10.1. The molecule has 0 radical (unpaired) electrons. The van der Waals surface area contributed by atoms with Crippen LogP contribution in [0.4, 0.5) is 4.39 Å². The Balaban J connectivity index is 0.00000147. The van der Waals surface area contributed by atoms with Crippen molar-refractivity contribution in [3.05, 3.63) is 35.1 Å². The summed E-state index contributed by atoms with van der Waals surface area (Å²) >= 11 is 0. The number of nitrogens with one attached hydrogen (secondary N) is 2. The van der Waals surface area contributed by atoms with Crippen molar-refractivity contribution in [2.24, 2.45) is 0 Å². The van der Waals surface area contributed by atoms with Crippen LogP contribution < -0.4 is 10.6 Å². The molecule has 1 amide bonds. The van der Waals surface area contributed by atoms with Gasteiger partial charge in [-0.25, -0.2) is 4.39 Å². The number of benzene rings is 1. The summed E-state index contributed by atoms with van der Waals surface area (Å²) in [7, 11) is 0. The Morgan fingerprint density at radius 2 is 2.30 bits per heavy atom. The molecule has 0 aromatic heterocycles. The first-order valence-corrected chi connectivity index (χ1v) is 6.64. The second kappa shape index (κ2) is 6.52. The Labute approximate surface area is 123 Å². The minimum absolute atomic E-state index is 0. The molecule has 0 saturated carbocycles. The van der Waals surface area contributed by atoms with Gasteiger partial charge in [0.2, 0.25) is 5.91 Å². The second-order valence-electron chi connectivity index (χ2n) is 5.02. The van der Waals surface area contributed by atoms with E-state index in [-0.39, 0.29) is 36.2 Å². The minimum atomic E-state index is -0.279. The van der Waals surface area contributed by atoms with Crippen LogP contribution >= 0.6 is 12.4 Å². The fourth-order valence-corrected chi connectivity index (χ4v) is 2.74. The van der Waals surface area contributed by atoms with E-state index in [2.05, 4.69) is 10.6 Å². The molecule has 4 nitrogen and oxygen atoms in total. The highest BCUT2D eigenvalue weighted by atomic mass is 35.5. The number of aryl methyl sites for hydroxylation is 1. The van der Waals surface area contributed by atoms with Crippen molar-refractivity contribution in [3.63, 3.8) is 0 Å². The van der Waals surface area contributed by atoms with Crippen LogP contribution in [0.15, 0.2) is 18.2 Å². The first-order valence-electron chi connectivity index (χ1n) is 6.64. The van der Waals surface area contributed by atoms with Gasteiger partial charge in [-0.05, 0) is 36.1 Å². The minimum Gasteiger partial charge on any atom is -0.378 e. The molecule has 1 fully saturated rings. The molecule has 0 spiro atoms. The summed E-state index contributed by atoms with van der Waals surface area (Å²) in [5, 5.41) is 6.15. The van der Waals surface area contributed by atoms with Crippen LogP contribution in [-0.4, -0.2) is 31.7 Å². The Morgan fingerprint density at radius 3 is 3.05 bits per heavy atom. The van der Waals surface area contributed by atoms with E-state index in [1.54, 1.807) is 12.1 Å². The average molecular weight is 301 g/mol. The van der Waals surface area contributed by atoms with Crippen molar-refractivity contribution < 1.29 is 13.9 Å². The molecule has 2 N–H and O–H groups in total. The molecule has 1 aliphatic heterocycles. The van der Waals surface area contributed by atoms with Gasteiger partial charge in [0.25, 0.3) is 0 Å². The summed E-state index contributed by atoms with van der Waals surface area (Å²) in [5.74, 6) is -0.255. The molecule has 1 aliphatic carbocycles. The highest BCUT2D eigenvalue weighted by molar-refractivity contribution is 5.85. The van der Waals surface area contributed by atoms with Gasteiger partial charge in [0, 0.05) is 6.54 Å². The predicted molar refractivity (Wildman–Crippen MR) is 75.5 cm³/mol. The molecule has 0 bridgehead atoms. The molecule has 1 saturated heterocycles. The van der Waals surface area contributed by atoms with Gasteiger partial charge in [0.05, 0.1) is 19.3 Å². The number of carbonyl (C=O) groups excluding carboxylic acids is 1. The van der Waals surface area contributed by atoms with Gasteiger partial charge in [-0.15, -0.1) is 12.4 Å². The smallest absolute Gasteiger partial charge is 0.240 e. The lowest BCUT2D eigenvalue weighted by Gasteiger charge is -2.25. The van der Waals surface area contributed by atoms with Crippen molar-refractivity contribution in [1.82, 2.24) is 10.6 Å². The van der Waals surface area contributed by atoms with Gasteiger partial charge in [0.15, 0.2) is 0 Å². The molecule has 1 heterocycles. The van der Waals surface area contributed by atoms with E-state index in [0.29, 0.717) is 19.8 Å². The zero-order valence-corrected chi connectivity index (χ0v) is 11.8. The van der Waals surface area contributed by atoms with E-state index in [1.165, 1.54) is 6.07 Å². The predicted octanol–water partition coefficient (Wildman–Crippen LogP) is 1.34. The third-order valence-corrected chi connectivity index (χ3v) is 3.74. The second-order valence-corrected chi connectivity index (χ2v) is 5.02. The third kappa shape index (κ3) is 3.11. The van der Waals surface area contributed by atoms with Gasteiger partial charge in [-0.1, -0.05) is 6.07 Å². The zero-order valence-electron chi connectivity index (χ0n) is 11.0. The Hall–Kier alpha value is -1.17. The number of halogens is 2. The van der Waals surface area contributed by atoms with Gasteiger partial charge in [-0.3, -0.25) is 4.79 Å². The summed E-state index contributed by atoms with van der Waals surface area (Å²) < 4.78 is 18.4. The van der Waals surface area contributed by atoms with Crippen molar-refractivity contribution in [1.29, 1.82) is 0 Å². The molecule has 2 aliphatic rings. The molecule has 20 heavy (non-hydrogen) atoms. The van der Waals surface area contributed by atoms with Crippen LogP contribution in [0.1, 0.15) is 23.6 Å². The number of rotatable bonds is 2. The third-order valence-electron chi connectivity index (χ3n) is 3.74. The molecule has 6 heteroatoms. The van der Waals surface area contributed by atoms with Crippen LogP contribution in [0.3, 0.4) is 0 Å². The van der Waals surface area contributed by atoms with Crippen LogP contribution in [0, 0.1) is 5.82 Å². The SMILES string of the molecule is Cl.O=C(NC1CCc2cc(F)ccc21)C1COCCN1. The van der Waals surface area contributed by atoms with Crippen LogP contribution in [0.25, 0.3) is 0 Å². The number of amides is 1. The van der Waals surface area contributed by atoms with E-state index >= 15 is 0 Å². The Kier molecular flexibility index (Phi) is 4.96. The van der Waals surface area contributed by atoms with E-state index in [4.69, 9.17) is 4.74 Å². The topological polar surface area (TPSA) is 50.4 Å². The van der Waals surface area contributed by atoms with Crippen LogP contribution in [-0.2, 0) is 16.0 Å². The summed E-state index contributed by atoms with van der Waals surface area (Å²) in [6.07, 6.45) is 1.64. The number of morpholine rings is 1. The highest BCUT2D eigenvalue weighted by Crippen LogP contribution is 2.31. The molecule has 1 aromatic carbocycles. The normalized spacial score (nSPS) is 24.6. The van der Waals surface area contributed by atoms with Gasteiger partial charge in [-0.2, -0.15) is 0 Å². The van der Waals surface area contributed by atoms with Crippen LogP contribution in [0.2, 0.25) is 0 Å². The number of hydrogen-bond acceptors (Lipinski definition) is 3. The molecule has 3 rings (SSSR count). The van der Waals surface area contributed by atoms with E-state index in [9.17, 15) is 9.18 Å². The average Bonchev–Trinajstić information content (AvgIpc) is 2.82.